The van der Waals surface area contributed by atoms with Crippen LogP contribution >= 0.6 is 0 Å². The van der Waals surface area contributed by atoms with Crippen LogP contribution in [0.5, 0.6) is 5.88 Å². The van der Waals surface area contributed by atoms with Gasteiger partial charge in [-0.3, -0.25) is 4.98 Å². The third-order valence-corrected chi connectivity index (χ3v) is 3.02. The summed E-state index contributed by atoms with van der Waals surface area (Å²) in [7, 11) is 0. The molecule has 0 spiro atoms. The lowest BCUT2D eigenvalue weighted by atomic mass is 10.0. The van der Waals surface area contributed by atoms with Crippen LogP contribution < -0.4 is 10.1 Å². The van der Waals surface area contributed by atoms with Gasteiger partial charge in [-0.2, -0.15) is 4.98 Å². The molecular formula is C16H17F2N3O2. The Morgan fingerprint density at radius 3 is 2.78 bits per heavy atom. The zero-order chi connectivity index (χ0) is 16.8. The molecule has 2 N–H and O–H groups in total. The summed E-state index contributed by atoms with van der Waals surface area (Å²) in [5.41, 5.74) is 1.21. The van der Waals surface area contributed by atoms with Crippen molar-refractivity contribution >= 4 is 5.82 Å². The highest BCUT2D eigenvalue weighted by Gasteiger charge is 2.15. The first kappa shape index (κ1) is 16.8. The molecule has 5 nitrogen and oxygen atoms in total. The lowest BCUT2D eigenvalue weighted by Crippen LogP contribution is -2.14. The Labute approximate surface area is 132 Å². The van der Waals surface area contributed by atoms with Gasteiger partial charge in [0.25, 0.3) is 0 Å². The third kappa shape index (κ3) is 4.46. The van der Waals surface area contributed by atoms with Crippen molar-refractivity contribution in [2.45, 2.75) is 13.0 Å². The van der Waals surface area contributed by atoms with E-state index in [0.29, 0.717) is 17.0 Å². The molecule has 0 amide bonds. The summed E-state index contributed by atoms with van der Waals surface area (Å²) in [5, 5.41) is 11.8. The zero-order valence-corrected chi connectivity index (χ0v) is 12.6. The van der Waals surface area contributed by atoms with Gasteiger partial charge in [0.2, 0.25) is 5.88 Å². The predicted molar refractivity (Wildman–Crippen MR) is 82.1 cm³/mol. The van der Waals surface area contributed by atoms with Crippen molar-refractivity contribution in [1.29, 1.82) is 0 Å². The van der Waals surface area contributed by atoms with Crippen LogP contribution in [0.25, 0.3) is 0 Å². The summed E-state index contributed by atoms with van der Waals surface area (Å²) in [6.07, 6.45) is 2.88. The van der Waals surface area contributed by atoms with E-state index in [1.165, 1.54) is 18.5 Å². The van der Waals surface area contributed by atoms with Crippen LogP contribution in [-0.4, -0.2) is 28.3 Å². The summed E-state index contributed by atoms with van der Waals surface area (Å²) >= 11 is 0. The van der Waals surface area contributed by atoms with E-state index in [9.17, 15) is 8.78 Å². The van der Waals surface area contributed by atoms with E-state index < -0.39 is 17.7 Å². The number of ether oxygens (including phenoxy) is 1. The van der Waals surface area contributed by atoms with E-state index in [-0.39, 0.29) is 19.1 Å². The minimum Gasteiger partial charge on any atom is -0.474 e. The Morgan fingerprint density at radius 1 is 1.35 bits per heavy atom. The van der Waals surface area contributed by atoms with E-state index in [1.807, 2.05) is 0 Å². The molecule has 1 aromatic heterocycles. The predicted octanol–water partition coefficient (Wildman–Crippen LogP) is 2.86. The monoisotopic (exact) mass is 321 g/mol. The molecule has 0 saturated heterocycles. The minimum atomic E-state index is -0.929. The van der Waals surface area contributed by atoms with Crippen molar-refractivity contribution in [3.05, 3.63) is 59.9 Å². The van der Waals surface area contributed by atoms with E-state index >= 15 is 0 Å². The highest BCUT2D eigenvalue weighted by atomic mass is 19.2. The van der Waals surface area contributed by atoms with E-state index in [0.717, 1.165) is 12.1 Å². The van der Waals surface area contributed by atoms with E-state index in [2.05, 4.69) is 21.9 Å². The molecule has 23 heavy (non-hydrogen) atoms. The Bertz CT molecular complexity index is 695. The van der Waals surface area contributed by atoms with Gasteiger partial charge in [0.05, 0.1) is 25.0 Å². The SMILES string of the molecule is C=C(C)C(Nc1cncc(OCCO)n1)c1ccc(F)c(F)c1. The van der Waals surface area contributed by atoms with Gasteiger partial charge in [0.15, 0.2) is 11.6 Å². The van der Waals surface area contributed by atoms with Crippen LogP contribution in [0.3, 0.4) is 0 Å². The van der Waals surface area contributed by atoms with Crippen molar-refractivity contribution in [3.8, 4) is 5.88 Å². The molecule has 0 aliphatic carbocycles. The van der Waals surface area contributed by atoms with Crippen LogP contribution in [0.1, 0.15) is 18.5 Å². The first-order valence-electron chi connectivity index (χ1n) is 6.94. The van der Waals surface area contributed by atoms with E-state index in [1.54, 1.807) is 6.92 Å². The molecule has 0 saturated carbocycles. The quantitative estimate of drug-likeness (QED) is 0.768. The highest BCUT2D eigenvalue weighted by molar-refractivity contribution is 5.42. The van der Waals surface area contributed by atoms with Gasteiger partial charge in [0.1, 0.15) is 12.4 Å². The number of aromatic nitrogens is 2. The van der Waals surface area contributed by atoms with Crippen LogP contribution in [0.15, 0.2) is 42.7 Å². The summed E-state index contributed by atoms with van der Waals surface area (Å²) in [5.74, 6) is -1.21. The normalized spacial score (nSPS) is 11.8. The second-order valence-electron chi connectivity index (χ2n) is 4.91. The number of hydrogen-bond acceptors (Lipinski definition) is 5. The largest absolute Gasteiger partial charge is 0.474 e. The maximum Gasteiger partial charge on any atom is 0.234 e. The van der Waals surface area contributed by atoms with Gasteiger partial charge < -0.3 is 15.2 Å². The molecule has 1 heterocycles. The average molecular weight is 321 g/mol. The number of aliphatic hydroxyl groups is 1. The molecule has 122 valence electrons. The van der Waals surface area contributed by atoms with Crippen molar-refractivity contribution in [3.63, 3.8) is 0 Å². The summed E-state index contributed by atoms with van der Waals surface area (Å²) in [4.78, 5) is 8.16. The standard InChI is InChI=1S/C16H17F2N3O2/c1-10(2)16(11-3-4-12(17)13(18)7-11)21-14-8-19-9-15(20-14)23-6-5-22/h3-4,7-9,16,22H,1,5-6H2,2H3,(H,20,21). The Morgan fingerprint density at radius 2 is 2.13 bits per heavy atom. The first-order chi connectivity index (χ1) is 11.0. The van der Waals surface area contributed by atoms with Gasteiger partial charge in [-0.1, -0.05) is 18.2 Å². The van der Waals surface area contributed by atoms with Gasteiger partial charge in [-0.15, -0.1) is 0 Å². The van der Waals surface area contributed by atoms with Crippen LogP contribution in [0.4, 0.5) is 14.6 Å². The molecule has 0 bridgehead atoms. The number of nitrogens with zero attached hydrogens (tertiary/aromatic N) is 2. The maximum absolute atomic E-state index is 13.4. The van der Waals surface area contributed by atoms with Gasteiger partial charge in [-0.25, -0.2) is 8.78 Å². The summed E-state index contributed by atoms with van der Waals surface area (Å²) < 4.78 is 31.7. The number of anilines is 1. The lowest BCUT2D eigenvalue weighted by Gasteiger charge is -2.20. The zero-order valence-electron chi connectivity index (χ0n) is 12.6. The molecule has 2 aromatic rings. The molecular weight excluding hydrogens is 304 g/mol. The molecule has 1 aromatic carbocycles. The fourth-order valence-electron chi connectivity index (χ4n) is 1.97. The second kappa shape index (κ2) is 7.64. The molecule has 7 heteroatoms. The number of aliphatic hydroxyl groups excluding tert-OH is 1. The molecule has 0 aliphatic rings. The van der Waals surface area contributed by atoms with Crippen LogP contribution in [-0.2, 0) is 0 Å². The number of halogens is 2. The lowest BCUT2D eigenvalue weighted by molar-refractivity contribution is 0.196. The molecule has 2 rings (SSSR count). The number of nitrogens with one attached hydrogen (secondary N) is 1. The Balaban J connectivity index is 2.22. The minimum absolute atomic E-state index is 0.102. The van der Waals surface area contributed by atoms with Crippen molar-refractivity contribution in [1.82, 2.24) is 9.97 Å². The van der Waals surface area contributed by atoms with Crippen LogP contribution in [0, 0.1) is 11.6 Å². The van der Waals surface area contributed by atoms with E-state index in [4.69, 9.17) is 9.84 Å². The van der Waals surface area contributed by atoms with Crippen LogP contribution in [0.2, 0.25) is 0 Å². The Kier molecular flexibility index (Phi) is 5.59. The third-order valence-electron chi connectivity index (χ3n) is 3.02. The summed E-state index contributed by atoms with van der Waals surface area (Å²) in [6, 6.07) is 3.19. The molecule has 0 aliphatic heterocycles. The number of benzene rings is 1. The fraction of sp³-hybridized carbons (Fsp3) is 0.250. The van der Waals surface area contributed by atoms with Crippen molar-refractivity contribution in [2.24, 2.45) is 0 Å². The molecule has 1 unspecified atom stereocenters. The fourth-order valence-corrected chi connectivity index (χ4v) is 1.97. The topological polar surface area (TPSA) is 67.3 Å². The molecule has 0 fully saturated rings. The van der Waals surface area contributed by atoms with Gasteiger partial charge in [-0.05, 0) is 24.6 Å². The van der Waals surface area contributed by atoms with Crippen molar-refractivity contribution < 1.29 is 18.6 Å². The van der Waals surface area contributed by atoms with Gasteiger partial charge >= 0.3 is 0 Å². The molecule has 0 radical (unpaired) electrons. The highest BCUT2D eigenvalue weighted by Crippen LogP contribution is 2.26. The summed E-state index contributed by atoms with van der Waals surface area (Å²) in [6.45, 7) is 5.59. The second-order valence-corrected chi connectivity index (χ2v) is 4.91. The smallest absolute Gasteiger partial charge is 0.234 e. The number of hydrogen-bond donors (Lipinski definition) is 2. The first-order valence-corrected chi connectivity index (χ1v) is 6.94. The number of rotatable bonds is 7. The van der Waals surface area contributed by atoms with Gasteiger partial charge in [0, 0.05) is 0 Å². The average Bonchev–Trinajstić information content (AvgIpc) is 2.53. The Hall–Kier alpha value is -2.54. The molecule has 1 atom stereocenters. The maximum atomic E-state index is 13.4. The van der Waals surface area contributed by atoms with Crippen molar-refractivity contribution in [2.75, 3.05) is 18.5 Å².